The van der Waals surface area contributed by atoms with E-state index in [0.29, 0.717) is 6.54 Å². The van der Waals surface area contributed by atoms with Crippen LogP contribution >= 0.6 is 0 Å². The second-order valence-electron chi connectivity index (χ2n) is 4.30. The highest BCUT2D eigenvalue weighted by Gasteiger charge is 2.32. The molecule has 1 aromatic carbocycles. The van der Waals surface area contributed by atoms with Crippen molar-refractivity contribution in [2.24, 2.45) is 0 Å². The first-order valence-corrected chi connectivity index (χ1v) is 5.78. The number of hydrogen-bond donors (Lipinski definition) is 0. The molecule has 4 heteroatoms. The van der Waals surface area contributed by atoms with Crippen molar-refractivity contribution in [2.75, 3.05) is 0 Å². The molecular formula is C14H15NO3. The van der Waals surface area contributed by atoms with Crippen LogP contribution in [0.25, 0.3) is 0 Å². The fraction of sp³-hybridized carbons (Fsp3) is 0.286. The van der Waals surface area contributed by atoms with Crippen LogP contribution in [0.4, 0.5) is 0 Å². The lowest BCUT2D eigenvalue weighted by Gasteiger charge is -2.25. The van der Waals surface area contributed by atoms with Crippen molar-refractivity contribution in [1.29, 1.82) is 0 Å². The molecule has 0 aromatic heterocycles. The van der Waals surface area contributed by atoms with Gasteiger partial charge in [0.05, 0.1) is 0 Å². The molecule has 0 N–H and O–H groups in total. The molecule has 0 bridgehead atoms. The highest BCUT2D eigenvalue weighted by atomic mass is 16.6. The molecule has 0 saturated carbocycles. The molecule has 0 radical (unpaired) electrons. The maximum atomic E-state index is 11.8. The number of amides is 1. The van der Waals surface area contributed by atoms with E-state index in [1.165, 1.54) is 13.0 Å². The summed E-state index contributed by atoms with van der Waals surface area (Å²) in [5.74, 6) is -0.511. The van der Waals surface area contributed by atoms with E-state index in [4.69, 9.17) is 4.74 Å². The van der Waals surface area contributed by atoms with Gasteiger partial charge in [0.25, 0.3) is 0 Å². The Balaban J connectivity index is 2.15. The van der Waals surface area contributed by atoms with Crippen LogP contribution in [0.3, 0.4) is 0 Å². The maximum Gasteiger partial charge on any atom is 0.304 e. The normalized spacial score (nSPS) is 18.8. The molecule has 1 atom stereocenters. The number of nitrogens with zero attached hydrogens (tertiary/aromatic N) is 1. The number of esters is 1. The average molecular weight is 245 g/mol. The van der Waals surface area contributed by atoms with Gasteiger partial charge in [-0.2, -0.15) is 0 Å². The third-order valence-electron chi connectivity index (χ3n) is 2.78. The van der Waals surface area contributed by atoms with E-state index < -0.39 is 6.23 Å². The number of carbonyl (C=O) groups excluding carboxylic acids is 2. The first kappa shape index (κ1) is 12.4. The summed E-state index contributed by atoms with van der Waals surface area (Å²) in [7, 11) is 0. The molecule has 0 aliphatic carbocycles. The molecule has 18 heavy (non-hydrogen) atoms. The van der Waals surface area contributed by atoms with E-state index in [1.54, 1.807) is 11.8 Å². The smallest absolute Gasteiger partial charge is 0.304 e. The minimum absolute atomic E-state index is 0.123. The lowest BCUT2D eigenvalue weighted by Crippen LogP contribution is -2.37. The van der Waals surface area contributed by atoms with Gasteiger partial charge in [-0.05, 0) is 18.1 Å². The van der Waals surface area contributed by atoms with Crippen LogP contribution < -0.4 is 0 Å². The molecule has 1 heterocycles. The first-order chi connectivity index (χ1) is 8.58. The standard InChI is InChI=1S/C14H15NO3/c1-10-8-13(17)15(14(10)18-11(2)16)9-12-6-4-3-5-7-12/h3-8,14H,9H2,1-2H3/t14-/m1/s1. The summed E-state index contributed by atoms with van der Waals surface area (Å²) < 4.78 is 5.18. The molecule has 4 nitrogen and oxygen atoms in total. The predicted octanol–water partition coefficient (Wildman–Crippen LogP) is 1.86. The van der Waals surface area contributed by atoms with Gasteiger partial charge in [-0.1, -0.05) is 30.3 Å². The minimum atomic E-state index is -0.574. The second-order valence-corrected chi connectivity index (χ2v) is 4.30. The molecule has 1 aliphatic heterocycles. The Morgan fingerprint density at radius 3 is 2.61 bits per heavy atom. The van der Waals surface area contributed by atoms with E-state index >= 15 is 0 Å². The summed E-state index contributed by atoms with van der Waals surface area (Å²) >= 11 is 0. The molecule has 94 valence electrons. The number of carbonyl (C=O) groups is 2. The van der Waals surface area contributed by atoms with E-state index in [2.05, 4.69) is 0 Å². The Kier molecular flexibility index (Phi) is 3.46. The second kappa shape index (κ2) is 5.04. The van der Waals surface area contributed by atoms with Gasteiger partial charge in [0.2, 0.25) is 12.1 Å². The fourth-order valence-corrected chi connectivity index (χ4v) is 1.97. The van der Waals surface area contributed by atoms with Crippen LogP contribution in [-0.4, -0.2) is 23.0 Å². The lowest BCUT2D eigenvalue weighted by atomic mass is 10.2. The number of benzene rings is 1. The van der Waals surface area contributed by atoms with Crippen molar-refractivity contribution in [3.8, 4) is 0 Å². The van der Waals surface area contributed by atoms with Gasteiger partial charge in [0.1, 0.15) is 0 Å². The summed E-state index contributed by atoms with van der Waals surface area (Å²) in [4.78, 5) is 24.4. The third-order valence-corrected chi connectivity index (χ3v) is 2.78. The maximum absolute atomic E-state index is 11.8. The van der Waals surface area contributed by atoms with E-state index in [9.17, 15) is 9.59 Å². The average Bonchev–Trinajstić information content (AvgIpc) is 2.57. The Hall–Kier alpha value is -2.10. The van der Waals surface area contributed by atoms with Crippen molar-refractivity contribution in [3.05, 3.63) is 47.5 Å². The molecular weight excluding hydrogens is 230 g/mol. The summed E-state index contributed by atoms with van der Waals surface area (Å²) in [6, 6.07) is 9.62. The predicted molar refractivity (Wildman–Crippen MR) is 66.3 cm³/mol. The monoisotopic (exact) mass is 245 g/mol. The van der Waals surface area contributed by atoms with E-state index in [1.807, 2.05) is 30.3 Å². The summed E-state index contributed by atoms with van der Waals surface area (Å²) in [5.41, 5.74) is 1.76. The molecule has 0 saturated heterocycles. The highest BCUT2D eigenvalue weighted by molar-refractivity contribution is 5.91. The van der Waals surface area contributed by atoms with Crippen LogP contribution in [0.5, 0.6) is 0 Å². The van der Waals surface area contributed by atoms with E-state index in [-0.39, 0.29) is 11.9 Å². The van der Waals surface area contributed by atoms with Crippen molar-refractivity contribution >= 4 is 11.9 Å². The molecule has 1 amide bonds. The topological polar surface area (TPSA) is 46.6 Å². The van der Waals surface area contributed by atoms with Crippen LogP contribution in [0, 0.1) is 0 Å². The molecule has 0 fully saturated rings. The molecule has 2 rings (SSSR count). The van der Waals surface area contributed by atoms with Gasteiger partial charge in [0.15, 0.2) is 0 Å². The van der Waals surface area contributed by atoms with Gasteiger partial charge >= 0.3 is 5.97 Å². The van der Waals surface area contributed by atoms with Gasteiger partial charge in [-0.25, -0.2) is 0 Å². The van der Waals surface area contributed by atoms with Gasteiger partial charge in [-0.3, -0.25) is 14.5 Å². The highest BCUT2D eigenvalue weighted by Crippen LogP contribution is 2.22. The zero-order chi connectivity index (χ0) is 13.1. The largest absolute Gasteiger partial charge is 0.438 e. The number of hydrogen-bond acceptors (Lipinski definition) is 3. The Morgan fingerprint density at radius 1 is 1.33 bits per heavy atom. The van der Waals surface area contributed by atoms with Crippen molar-refractivity contribution in [2.45, 2.75) is 26.6 Å². The van der Waals surface area contributed by atoms with Gasteiger partial charge < -0.3 is 4.74 Å². The first-order valence-electron chi connectivity index (χ1n) is 5.78. The van der Waals surface area contributed by atoms with Crippen molar-refractivity contribution < 1.29 is 14.3 Å². The van der Waals surface area contributed by atoms with Crippen LogP contribution in [0.2, 0.25) is 0 Å². The molecule has 0 unspecified atom stereocenters. The van der Waals surface area contributed by atoms with E-state index in [0.717, 1.165) is 11.1 Å². The third kappa shape index (κ3) is 2.59. The Labute approximate surface area is 106 Å². The van der Waals surface area contributed by atoms with Crippen LogP contribution in [-0.2, 0) is 20.9 Å². The SMILES string of the molecule is CC(=O)O[C@@H]1C(C)=CC(=O)N1Cc1ccccc1. The van der Waals surface area contributed by atoms with Crippen LogP contribution in [0.1, 0.15) is 19.4 Å². The summed E-state index contributed by atoms with van der Waals surface area (Å²) in [6.07, 6.45) is 0.937. The molecule has 0 spiro atoms. The van der Waals surface area contributed by atoms with Crippen LogP contribution in [0.15, 0.2) is 42.0 Å². The summed E-state index contributed by atoms with van der Waals surface area (Å²) in [6.45, 7) is 3.57. The number of rotatable bonds is 3. The Morgan fingerprint density at radius 2 is 2.00 bits per heavy atom. The molecule has 1 aliphatic rings. The van der Waals surface area contributed by atoms with Gasteiger partial charge in [0, 0.05) is 19.5 Å². The fourth-order valence-electron chi connectivity index (χ4n) is 1.97. The zero-order valence-corrected chi connectivity index (χ0v) is 10.4. The minimum Gasteiger partial charge on any atom is -0.438 e. The van der Waals surface area contributed by atoms with Crippen molar-refractivity contribution in [3.63, 3.8) is 0 Å². The summed E-state index contributed by atoms with van der Waals surface area (Å²) in [5, 5.41) is 0. The lowest BCUT2D eigenvalue weighted by molar-refractivity contribution is -0.156. The molecule has 1 aromatic rings. The van der Waals surface area contributed by atoms with Crippen molar-refractivity contribution in [1.82, 2.24) is 4.90 Å². The quantitative estimate of drug-likeness (QED) is 0.764. The zero-order valence-electron chi connectivity index (χ0n) is 10.4. The Bertz CT molecular complexity index is 493. The van der Waals surface area contributed by atoms with Gasteiger partial charge in [-0.15, -0.1) is 0 Å². The number of ether oxygens (including phenoxy) is 1.